The normalized spacial score (nSPS) is 9.47. The topological polar surface area (TPSA) is 37.3 Å². The second-order valence-electron chi connectivity index (χ2n) is 3.38. The molecule has 0 atom stereocenters. The van der Waals surface area contributed by atoms with Crippen LogP contribution in [0.2, 0.25) is 0 Å². The van der Waals surface area contributed by atoms with Crippen LogP contribution >= 0.6 is 0 Å². The monoisotopic (exact) mass is 256 g/mol. The second-order valence-corrected chi connectivity index (χ2v) is 3.38. The zero-order chi connectivity index (χ0) is 11.5. The van der Waals surface area contributed by atoms with Crippen molar-refractivity contribution in [3.8, 4) is 5.75 Å². The molecule has 0 saturated carbocycles. The van der Waals surface area contributed by atoms with Crippen LogP contribution in [0.25, 0.3) is 0 Å². The van der Waals surface area contributed by atoms with Crippen molar-refractivity contribution in [1.29, 1.82) is 0 Å². The standard InChI is InChI=1S/C13H9FO2.K.H/c14-11-5-1-9(2-6-11)13(16)10-3-7-12(15)8-4-10;;/h1-8,15H;;. The van der Waals surface area contributed by atoms with Crippen molar-refractivity contribution in [2.24, 2.45) is 0 Å². The minimum absolute atomic E-state index is 0. The fourth-order valence-electron chi connectivity index (χ4n) is 1.38. The summed E-state index contributed by atoms with van der Waals surface area (Å²) >= 11 is 0. The number of carbonyl (C=O) groups is 1. The number of hydrogen-bond donors (Lipinski definition) is 1. The molecular weight excluding hydrogens is 246 g/mol. The summed E-state index contributed by atoms with van der Waals surface area (Å²) in [5.74, 6) is -0.460. The van der Waals surface area contributed by atoms with E-state index in [0.29, 0.717) is 11.1 Å². The number of ketones is 1. The van der Waals surface area contributed by atoms with Crippen LogP contribution in [0.15, 0.2) is 48.5 Å². The van der Waals surface area contributed by atoms with Gasteiger partial charge >= 0.3 is 51.4 Å². The summed E-state index contributed by atoms with van der Waals surface area (Å²) in [5, 5.41) is 9.08. The van der Waals surface area contributed by atoms with E-state index in [-0.39, 0.29) is 68.7 Å². The van der Waals surface area contributed by atoms with Crippen LogP contribution in [-0.2, 0) is 0 Å². The van der Waals surface area contributed by atoms with Crippen LogP contribution in [0, 0.1) is 5.82 Å². The van der Waals surface area contributed by atoms with E-state index in [0.717, 1.165) is 0 Å². The predicted molar refractivity (Wildman–Crippen MR) is 65.1 cm³/mol. The third-order valence-corrected chi connectivity index (χ3v) is 2.24. The van der Waals surface area contributed by atoms with Crippen molar-refractivity contribution in [2.45, 2.75) is 0 Å². The molecule has 0 aliphatic carbocycles. The summed E-state index contributed by atoms with van der Waals surface area (Å²) < 4.78 is 12.7. The molecule has 2 aromatic rings. The number of rotatable bonds is 2. The van der Waals surface area contributed by atoms with Gasteiger partial charge in [-0.2, -0.15) is 0 Å². The van der Waals surface area contributed by atoms with E-state index in [4.69, 9.17) is 5.11 Å². The van der Waals surface area contributed by atoms with Crippen molar-refractivity contribution in [2.75, 3.05) is 0 Å². The SMILES string of the molecule is O=C(c1ccc(O)cc1)c1ccc(F)cc1.[KH]. The van der Waals surface area contributed by atoms with Gasteiger partial charge < -0.3 is 5.11 Å². The van der Waals surface area contributed by atoms with E-state index < -0.39 is 0 Å². The first-order valence-electron chi connectivity index (χ1n) is 4.76. The molecule has 0 spiro atoms. The van der Waals surface area contributed by atoms with E-state index in [2.05, 4.69) is 0 Å². The number of aromatic hydroxyl groups is 1. The first kappa shape index (κ1) is 14.5. The number of benzene rings is 2. The molecule has 1 N–H and O–H groups in total. The fraction of sp³-hybridized carbons (Fsp3) is 0. The quantitative estimate of drug-likeness (QED) is 0.660. The first-order chi connectivity index (χ1) is 7.66. The first-order valence-corrected chi connectivity index (χ1v) is 4.76. The molecule has 2 rings (SSSR count). The van der Waals surface area contributed by atoms with Gasteiger partial charge in [0.05, 0.1) is 0 Å². The van der Waals surface area contributed by atoms with E-state index in [1.165, 1.54) is 48.5 Å². The third-order valence-electron chi connectivity index (χ3n) is 2.24. The molecule has 2 aromatic carbocycles. The van der Waals surface area contributed by atoms with E-state index in [9.17, 15) is 9.18 Å². The summed E-state index contributed by atoms with van der Waals surface area (Å²) in [5.41, 5.74) is 0.886. The molecule has 0 heterocycles. The Morgan fingerprint density at radius 2 is 1.29 bits per heavy atom. The van der Waals surface area contributed by atoms with Crippen LogP contribution in [0.4, 0.5) is 4.39 Å². The van der Waals surface area contributed by atoms with Crippen LogP contribution in [0.3, 0.4) is 0 Å². The van der Waals surface area contributed by atoms with Crippen molar-refractivity contribution >= 4 is 57.2 Å². The predicted octanol–water partition coefficient (Wildman–Crippen LogP) is 2.11. The molecule has 0 unspecified atom stereocenters. The molecule has 0 bridgehead atoms. The Kier molecular flexibility index (Phi) is 5.49. The minimum atomic E-state index is -0.373. The van der Waals surface area contributed by atoms with Crippen molar-refractivity contribution in [3.05, 3.63) is 65.5 Å². The van der Waals surface area contributed by atoms with Gasteiger partial charge in [-0.05, 0) is 48.5 Å². The van der Waals surface area contributed by atoms with Crippen molar-refractivity contribution in [3.63, 3.8) is 0 Å². The Bertz CT molecular complexity index is 458. The Balaban J connectivity index is 0.00000144. The molecular formula is C13H10FKO2. The number of halogens is 1. The summed E-state index contributed by atoms with van der Waals surface area (Å²) in [7, 11) is 0. The van der Waals surface area contributed by atoms with Crippen molar-refractivity contribution in [1.82, 2.24) is 0 Å². The molecule has 0 aromatic heterocycles. The molecule has 0 amide bonds. The molecule has 0 aliphatic heterocycles. The summed E-state index contributed by atoms with van der Waals surface area (Å²) in [4.78, 5) is 11.9. The summed E-state index contributed by atoms with van der Waals surface area (Å²) in [6.45, 7) is 0. The Hall–Kier alpha value is -0.524. The second kappa shape index (κ2) is 6.42. The average Bonchev–Trinajstić information content (AvgIpc) is 2.30. The third kappa shape index (κ3) is 3.72. The molecule has 82 valence electrons. The fourth-order valence-corrected chi connectivity index (χ4v) is 1.38. The Morgan fingerprint density at radius 3 is 1.76 bits per heavy atom. The van der Waals surface area contributed by atoms with Gasteiger partial charge in [0.2, 0.25) is 0 Å². The zero-order valence-electron chi connectivity index (χ0n) is 8.35. The average molecular weight is 256 g/mol. The summed E-state index contributed by atoms with van der Waals surface area (Å²) in [6.07, 6.45) is 0. The van der Waals surface area contributed by atoms with Gasteiger partial charge in [-0.1, -0.05) is 0 Å². The number of phenolic OH excluding ortho intramolecular Hbond substituents is 1. The van der Waals surface area contributed by atoms with Gasteiger partial charge in [0.1, 0.15) is 11.6 Å². The molecule has 17 heavy (non-hydrogen) atoms. The summed E-state index contributed by atoms with van der Waals surface area (Å²) in [6, 6.07) is 11.3. The van der Waals surface area contributed by atoms with Gasteiger partial charge in [0, 0.05) is 11.1 Å². The maximum absolute atomic E-state index is 12.7. The van der Waals surface area contributed by atoms with Gasteiger partial charge in [0.15, 0.2) is 5.78 Å². The van der Waals surface area contributed by atoms with Crippen LogP contribution in [0.1, 0.15) is 15.9 Å². The Labute approximate surface area is 141 Å². The molecule has 4 heteroatoms. The van der Waals surface area contributed by atoms with E-state index in [1.807, 2.05) is 0 Å². The number of hydrogen-bond acceptors (Lipinski definition) is 2. The van der Waals surface area contributed by atoms with Gasteiger partial charge in [-0.3, -0.25) is 4.79 Å². The maximum atomic E-state index is 12.7. The molecule has 0 radical (unpaired) electrons. The van der Waals surface area contributed by atoms with Gasteiger partial charge in [-0.25, -0.2) is 4.39 Å². The van der Waals surface area contributed by atoms with E-state index >= 15 is 0 Å². The number of carbonyl (C=O) groups excluding carboxylic acids is 1. The molecule has 0 fully saturated rings. The van der Waals surface area contributed by atoms with Crippen LogP contribution in [-0.4, -0.2) is 62.3 Å². The van der Waals surface area contributed by atoms with Gasteiger partial charge in [-0.15, -0.1) is 0 Å². The zero-order valence-corrected chi connectivity index (χ0v) is 8.35. The Morgan fingerprint density at radius 1 is 0.882 bits per heavy atom. The molecule has 0 aliphatic rings. The molecule has 0 saturated heterocycles. The number of phenols is 1. The van der Waals surface area contributed by atoms with Crippen LogP contribution < -0.4 is 0 Å². The van der Waals surface area contributed by atoms with Gasteiger partial charge in [0.25, 0.3) is 0 Å². The van der Waals surface area contributed by atoms with Crippen LogP contribution in [0.5, 0.6) is 5.75 Å². The molecule has 2 nitrogen and oxygen atoms in total. The van der Waals surface area contributed by atoms with E-state index in [1.54, 1.807) is 0 Å². The van der Waals surface area contributed by atoms with Crippen molar-refractivity contribution < 1.29 is 14.3 Å².